The molecule has 0 aliphatic rings. The molecule has 0 saturated carbocycles. The van der Waals surface area contributed by atoms with E-state index in [9.17, 15) is 43.2 Å². The van der Waals surface area contributed by atoms with Gasteiger partial charge in [-0.15, -0.1) is 0 Å². The third-order valence-corrected chi connectivity index (χ3v) is 19.6. The third-order valence-electron chi connectivity index (χ3n) is 17.7. The number of aliphatic hydroxyl groups excluding tert-OH is 1. The fourth-order valence-electron chi connectivity index (χ4n) is 10.7. The van der Waals surface area contributed by atoms with Gasteiger partial charge in [-0.3, -0.25) is 37.3 Å². The van der Waals surface area contributed by atoms with Crippen molar-refractivity contribution in [1.82, 2.24) is 0 Å². The molecule has 0 bridgehead atoms. The van der Waals surface area contributed by atoms with E-state index in [0.717, 1.165) is 120 Å². The van der Waals surface area contributed by atoms with Crippen LogP contribution in [0.1, 0.15) is 357 Å². The predicted octanol–water partition coefficient (Wildman–Crippen LogP) is 20.5. The molecule has 0 fully saturated rings. The zero-order valence-electron chi connectivity index (χ0n) is 59.5. The van der Waals surface area contributed by atoms with Crippen molar-refractivity contribution in [1.29, 1.82) is 0 Å². The van der Waals surface area contributed by atoms with E-state index in [1.54, 1.807) is 0 Å². The van der Waals surface area contributed by atoms with Crippen LogP contribution in [0, 0.1) is 23.7 Å². The van der Waals surface area contributed by atoms with Gasteiger partial charge in [0.2, 0.25) is 0 Å². The lowest BCUT2D eigenvalue weighted by Crippen LogP contribution is -2.30. The molecule has 3 N–H and O–H groups in total. The molecule has 0 saturated heterocycles. The maximum Gasteiger partial charge on any atom is 0.472 e. The number of rotatable bonds is 69. The van der Waals surface area contributed by atoms with Crippen LogP contribution in [0.15, 0.2) is 0 Å². The normalized spacial score (nSPS) is 15.1. The Bertz CT molecular complexity index is 1800. The average molecular weight is 1340 g/mol. The number of phosphoric acid groups is 2. The summed E-state index contributed by atoms with van der Waals surface area (Å²) >= 11 is 0. The van der Waals surface area contributed by atoms with Crippen LogP contribution in [0.4, 0.5) is 0 Å². The van der Waals surface area contributed by atoms with E-state index in [-0.39, 0.29) is 25.7 Å². The Morgan fingerprint density at radius 3 is 0.780 bits per heavy atom. The number of ether oxygens (including phenoxy) is 4. The van der Waals surface area contributed by atoms with Crippen molar-refractivity contribution >= 4 is 39.5 Å². The summed E-state index contributed by atoms with van der Waals surface area (Å²) in [7, 11) is -9.91. The first-order chi connectivity index (χ1) is 43.7. The van der Waals surface area contributed by atoms with E-state index >= 15 is 0 Å². The Labute approximate surface area is 556 Å². The Morgan fingerprint density at radius 2 is 0.527 bits per heavy atom. The topological polar surface area (TPSA) is 237 Å². The number of unbranched alkanes of at least 4 members (excludes halogenated alkanes) is 32. The predicted molar refractivity (Wildman–Crippen MR) is 367 cm³/mol. The summed E-state index contributed by atoms with van der Waals surface area (Å²) in [6, 6.07) is 0. The van der Waals surface area contributed by atoms with Crippen molar-refractivity contribution in [2.24, 2.45) is 23.7 Å². The molecule has 0 aromatic heterocycles. The lowest BCUT2D eigenvalue weighted by atomic mass is 9.99. The van der Waals surface area contributed by atoms with E-state index in [4.69, 9.17) is 37.0 Å². The monoisotopic (exact) mass is 1340 g/mol. The molecule has 0 aromatic rings. The molecule has 8 atom stereocenters. The van der Waals surface area contributed by atoms with Crippen LogP contribution in [0.5, 0.6) is 0 Å². The van der Waals surface area contributed by atoms with Gasteiger partial charge >= 0.3 is 39.5 Å². The fraction of sp³-hybridized carbons (Fsp3) is 0.944. The summed E-state index contributed by atoms with van der Waals surface area (Å²) in [4.78, 5) is 72.6. The highest BCUT2D eigenvalue weighted by Gasteiger charge is 2.30. The number of phosphoric ester groups is 2. The summed E-state index contributed by atoms with van der Waals surface area (Å²) in [6.45, 7) is 14.1. The first-order valence-corrected chi connectivity index (χ1v) is 40.3. The minimum atomic E-state index is -4.95. The van der Waals surface area contributed by atoms with E-state index in [0.29, 0.717) is 31.6 Å². The fourth-order valence-corrected chi connectivity index (χ4v) is 12.3. The van der Waals surface area contributed by atoms with Crippen LogP contribution >= 0.6 is 15.6 Å². The van der Waals surface area contributed by atoms with Crippen LogP contribution in [0.3, 0.4) is 0 Å². The van der Waals surface area contributed by atoms with Gasteiger partial charge in [0.15, 0.2) is 12.2 Å². The molecule has 0 rings (SSSR count). The first kappa shape index (κ1) is 89.1. The first-order valence-electron chi connectivity index (χ1n) is 37.3. The molecular weight excluding hydrogens is 1200 g/mol. The SMILES string of the molecule is CCC(C)CCCCCCCCCCCCCCCCC(=O)O[C@H](COC(=O)CCCCCCCCC(C)C)COP(=O)(O)OC[C@H](O)COP(=O)(O)OC[C@@H](COC(=O)CCCCCCCCC(C)CC)OC(=O)CCCCCCCCCCCCC(C)CC. The number of carbonyl (C=O) groups excluding carboxylic acids is 4. The molecule has 91 heavy (non-hydrogen) atoms. The molecule has 540 valence electrons. The van der Waals surface area contributed by atoms with Gasteiger partial charge < -0.3 is 33.8 Å². The van der Waals surface area contributed by atoms with Crippen LogP contribution in [0.2, 0.25) is 0 Å². The summed E-state index contributed by atoms with van der Waals surface area (Å²) in [5, 5.41) is 10.6. The van der Waals surface area contributed by atoms with Gasteiger partial charge in [-0.2, -0.15) is 0 Å². The second kappa shape index (κ2) is 61.6. The number of hydrogen-bond donors (Lipinski definition) is 3. The highest BCUT2D eigenvalue weighted by molar-refractivity contribution is 7.47. The summed E-state index contributed by atoms with van der Waals surface area (Å²) in [5.41, 5.74) is 0. The molecule has 5 unspecified atom stereocenters. The Kier molecular flexibility index (Phi) is 60.3. The van der Waals surface area contributed by atoms with Gasteiger partial charge in [0.05, 0.1) is 26.4 Å². The van der Waals surface area contributed by atoms with E-state index in [2.05, 4.69) is 55.4 Å². The molecule has 0 aliphatic heterocycles. The number of hydrogen-bond acceptors (Lipinski definition) is 15. The third kappa shape index (κ3) is 62.6. The van der Waals surface area contributed by atoms with Crippen LogP contribution in [-0.4, -0.2) is 96.7 Å². The van der Waals surface area contributed by atoms with Crippen molar-refractivity contribution in [3.05, 3.63) is 0 Å². The van der Waals surface area contributed by atoms with Gasteiger partial charge in [-0.1, -0.05) is 306 Å². The second-order valence-corrected chi connectivity index (χ2v) is 30.1. The largest absolute Gasteiger partial charge is 0.472 e. The maximum atomic E-state index is 13.0. The van der Waals surface area contributed by atoms with Crippen LogP contribution < -0.4 is 0 Å². The minimum Gasteiger partial charge on any atom is -0.462 e. The quantitative estimate of drug-likeness (QED) is 0.0222. The zero-order chi connectivity index (χ0) is 67.5. The number of carbonyl (C=O) groups is 4. The van der Waals surface area contributed by atoms with Crippen molar-refractivity contribution in [3.8, 4) is 0 Å². The Morgan fingerprint density at radius 1 is 0.308 bits per heavy atom. The van der Waals surface area contributed by atoms with Gasteiger partial charge in [-0.05, 0) is 49.4 Å². The van der Waals surface area contributed by atoms with Crippen LogP contribution in [0.25, 0.3) is 0 Å². The highest BCUT2D eigenvalue weighted by atomic mass is 31.2. The summed E-state index contributed by atoms with van der Waals surface area (Å²) in [6.07, 6.45) is 44.5. The van der Waals surface area contributed by atoms with Crippen molar-refractivity contribution in [3.63, 3.8) is 0 Å². The summed E-state index contributed by atoms with van der Waals surface area (Å²) < 4.78 is 68.3. The molecule has 0 amide bonds. The molecule has 0 heterocycles. The standard InChI is InChI=1S/C72H140O17P2/c1-9-63(6)49-41-33-24-20-16-14-12-13-15-17-22-26-38-46-54-71(76)88-67(58-82-69(74)52-44-36-30-28-32-40-48-62(4)5)60-86-90(78,79)84-56-66(73)57-85-91(80,81)87-61-68(59-83-70(75)53-45-37-31-29-35-43-51-65(8)11-3)89-72(77)55-47-39-27-23-19-18-21-25-34-42-50-64(7)10-2/h62-68,73H,9-61H2,1-8H3,(H,78,79)(H,80,81)/t63?,64?,65?,66-,67+,68+/m0/s1. The van der Waals surface area contributed by atoms with Crippen LogP contribution in [-0.2, 0) is 65.4 Å². The number of aliphatic hydroxyl groups is 1. The van der Waals surface area contributed by atoms with Gasteiger partial charge in [-0.25, -0.2) is 9.13 Å². The molecular formula is C72H140O17P2. The van der Waals surface area contributed by atoms with E-state index in [1.807, 2.05) is 0 Å². The van der Waals surface area contributed by atoms with Gasteiger partial charge in [0.25, 0.3) is 0 Å². The lowest BCUT2D eigenvalue weighted by molar-refractivity contribution is -0.161. The molecule has 0 radical (unpaired) electrons. The Hall–Kier alpha value is -1.94. The molecule has 19 heteroatoms. The van der Waals surface area contributed by atoms with Crippen molar-refractivity contribution in [2.75, 3.05) is 39.6 Å². The average Bonchev–Trinajstić information content (AvgIpc) is 3.71. The lowest BCUT2D eigenvalue weighted by Gasteiger charge is -2.21. The summed E-state index contributed by atoms with van der Waals surface area (Å²) in [5.74, 6) is 0.929. The molecule has 0 aliphatic carbocycles. The van der Waals surface area contributed by atoms with E-state index in [1.165, 1.54) is 148 Å². The maximum absolute atomic E-state index is 13.0. The van der Waals surface area contributed by atoms with Crippen molar-refractivity contribution in [2.45, 2.75) is 375 Å². The zero-order valence-corrected chi connectivity index (χ0v) is 61.3. The minimum absolute atomic E-state index is 0.105. The Balaban J connectivity index is 5.22. The highest BCUT2D eigenvalue weighted by Crippen LogP contribution is 2.45. The second-order valence-electron chi connectivity index (χ2n) is 27.2. The molecule has 0 spiro atoms. The smallest absolute Gasteiger partial charge is 0.462 e. The van der Waals surface area contributed by atoms with Gasteiger partial charge in [0.1, 0.15) is 19.3 Å². The molecule has 0 aromatic carbocycles. The van der Waals surface area contributed by atoms with Crippen molar-refractivity contribution < 1.29 is 80.2 Å². The number of esters is 4. The molecule has 17 nitrogen and oxygen atoms in total. The van der Waals surface area contributed by atoms with Gasteiger partial charge in [0, 0.05) is 25.7 Å². The van der Waals surface area contributed by atoms with E-state index < -0.39 is 97.5 Å².